The molecule has 0 aliphatic heterocycles. The van der Waals surface area contributed by atoms with Gasteiger partial charge in [0.2, 0.25) is 5.89 Å². The predicted octanol–water partition coefficient (Wildman–Crippen LogP) is 6.71. The smallest absolute Gasteiger partial charge is 0.262 e. The summed E-state index contributed by atoms with van der Waals surface area (Å²) in [6.07, 6.45) is 0. The number of hydrogen-bond acceptors (Lipinski definition) is 4. The third-order valence-corrected chi connectivity index (χ3v) is 6.03. The molecular weight excluding hydrogens is 424 g/mol. The largest absolute Gasteiger partial charge is 0.484 e. The Hall–Kier alpha value is -3.31. The van der Waals surface area contributed by atoms with E-state index in [-0.39, 0.29) is 12.5 Å². The fraction of sp³-hybridized carbons (Fsp3) is 0.231. The zero-order valence-corrected chi connectivity index (χ0v) is 19.6. The third kappa shape index (κ3) is 4.34. The van der Waals surface area contributed by atoms with Gasteiger partial charge in [0.15, 0.2) is 12.2 Å². The molecule has 4 aromatic rings. The standard InChI is InChI=1S/C26H25ClN2O3/c1-14-9-17(4)25-22(10-14)29-26(32-25)20-7-6-8-21(18(20)5)28-23(30)13-31-19-11-15(2)24(27)16(3)12-19/h6-12H,13H2,1-5H3,(H,28,30). The Morgan fingerprint density at radius 3 is 2.47 bits per heavy atom. The SMILES string of the molecule is Cc1cc(C)c2oc(-c3cccc(NC(=O)COc4cc(C)c(Cl)c(C)c4)c3C)nc2c1. The number of nitrogens with one attached hydrogen (secondary N) is 1. The molecule has 0 unspecified atom stereocenters. The van der Waals surface area contributed by atoms with Crippen LogP contribution in [0.15, 0.2) is 46.9 Å². The summed E-state index contributed by atoms with van der Waals surface area (Å²) in [4.78, 5) is 17.2. The summed E-state index contributed by atoms with van der Waals surface area (Å²) in [5.41, 5.74) is 8.01. The van der Waals surface area contributed by atoms with Crippen LogP contribution in [0.2, 0.25) is 5.02 Å². The fourth-order valence-electron chi connectivity index (χ4n) is 3.82. The number of rotatable bonds is 5. The summed E-state index contributed by atoms with van der Waals surface area (Å²) in [7, 11) is 0. The number of anilines is 1. The molecule has 4 rings (SSSR count). The van der Waals surface area contributed by atoms with E-state index in [9.17, 15) is 4.79 Å². The van der Waals surface area contributed by atoms with E-state index in [1.165, 1.54) is 0 Å². The summed E-state index contributed by atoms with van der Waals surface area (Å²) >= 11 is 6.20. The number of benzene rings is 3. The molecule has 0 aliphatic rings. The molecule has 0 saturated heterocycles. The van der Waals surface area contributed by atoms with Crippen molar-refractivity contribution in [2.75, 3.05) is 11.9 Å². The van der Waals surface area contributed by atoms with Gasteiger partial charge in [0.1, 0.15) is 11.3 Å². The molecule has 0 bridgehead atoms. The van der Waals surface area contributed by atoms with Gasteiger partial charge in [-0.25, -0.2) is 4.98 Å². The monoisotopic (exact) mass is 448 g/mol. The van der Waals surface area contributed by atoms with Gasteiger partial charge < -0.3 is 14.5 Å². The first-order valence-electron chi connectivity index (χ1n) is 10.4. The molecule has 5 nitrogen and oxygen atoms in total. The summed E-state index contributed by atoms with van der Waals surface area (Å²) in [6.45, 7) is 9.70. The van der Waals surface area contributed by atoms with Gasteiger partial charge in [0.05, 0.1) is 0 Å². The molecule has 1 aromatic heterocycles. The van der Waals surface area contributed by atoms with Crippen molar-refractivity contribution < 1.29 is 13.9 Å². The molecule has 0 saturated carbocycles. The van der Waals surface area contributed by atoms with Crippen LogP contribution in [0.25, 0.3) is 22.6 Å². The van der Waals surface area contributed by atoms with Gasteiger partial charge in [-0.05, 0) is 92.8 Å². The zero-order chi connectivity index (χ0) is 23.0. The first kappa shape index (κ1) is 21.9. The lowest BCUT2D eigenvalue weighted by atomic mass is 10.1. The molecule has 0 spiro atoms. The van der Waals surface area contributed by atoms with Crippen LogP contribution < -0.4 is 10.1 Å². The number of halogens is 1. The quantitative estimate of drug-likeness (QED) is 0.368. The maximum Gasteiger partial charge on any atom is 0.262 e. The minimum Gasteiger partial charge on any atom is -0.484 e. The van der Waals surface area contributed by atoms with E-state index in [1.807, 2.05) is 71.0 Å². The van der Waals surface area contributed by atoms with Gasteiger partial charge >= 0.3 is 0 Å². The first-order chi connectivity index (χ1) is 15.2. The van der Waals surface area contributed by atoms with E-state index < -0.39 is 0 Å². The molecule has 1 heterocycles. The number of amides is 1. The van der Waals surface area contributed by atoms with Gasteiger partial charge in [0, 0.05) is 16.3 Å². The van der Waals surface area contributed by atoms with E-state index in [4.69, 9.17) is 20.8 Å². The molecule has 32 heavy (non-hydrogen) atoms. The number of aromatic nitrogens is 1. The number of carbonyl (C=O) groups excluding carboxylic acids is 1. The number of oxazole rings is 1. The molecule has 6 heteroatoms. The average molecular weight is 449 g/mol. The average Bonchev–Trinajstić information content (AvgIpc) is 3.16. The number of nitrogens with zero attached hydrogens (tertiary/aromatic N) is 1. The van der Waals surface area contributed by atoms with Crippen LogP contribution in [0.5, 0.6) is 5.75 Å². The van der Waals surface area contributed by atoms with Crippen molar-refractivity contribution in [1.82, 2.24) is 4.98 Å². The summed E-state index contributed by atoms with van der Waals surface area (Å²) < 4.78 is 11.7. The Bertz CT molecular complexity index is 1320. The maximum absolute atomic E-state index is 12.5. The van der Waals surface area contributed by atoms with Crippen molar-refractivity contribution in [2.45, 2.75) is 34.6 Å². The molecule has 3 aromatic carbocycles. The first-order valence-corrected chi connectivity index (χ1v) is 10.8. The topological polar surface area (TPSA) is 64.4 Å². The highest BCUT2D eigenvalue weighted by molar-refractivity contribution is 6.32. The van der Waals surface area contributed by atoms with E-state index >= 15 is 0 Å². The van der Waals surface area contributed by atoms with E-state index in [2.05, 4.69) is 16.4 Å². The van der Waals surface area contributed by atoms with Crippen molar-refractivity contribution in [3.8, 4) is 17.2 Å². The van der Waals surface area contributed by atoms with Crippen molar-refractivity contribution >= 4 is 34.3 Å². The zero-order valence-electron chi connectivity index (χ0n) is 18.8. The third-order valence-electron chi connectivity index (χ3n) is 5.44. The molecule has 1 amide bonds. The second kappa shape index (κ2) is 8.67. The molecule has 0 fully saturated rings. The summed E-state index contributed by atoms with van der Waals surface area (Å²) in [5.74, 6) is 0.896. The Balaban J connectivity index is 1.53. The van der Waals surface area contributed by atoms with Crippen molar-refractivity contribution in [3.05, 3.63) is 75.3 Å². The van der Waals surface area contributed by atoms with Gasteiger partial charge in [0.25, 0.3) is 5.91 Å². The lowest BCUT2D eigenvalue weighted by molar-refractivity contribution is -0.118. The highest BCUT2D eigenvalue weighted by Gasteiger charge is 2.16. The second-order valence-corrected chi connectivity index (χ2v) is 8.51. The van der Waals surface area contributed by atoms with Crippen LogP contribution in [0.3, 0.4) is 0 Å². The van der Waals surface area contributed by atoms with E-state index in [1.54, 1.807) is 0 Å². The van der Waals surface area contributed by atoms with Crippen molar-refractivity contribution in [1.29, 1.82) is 0 Å². The van der Waals surface area contributed by atoms with Crippen LogP contribution in [-0.4, -0.2) is 17.5 Å². The Morgan fingerprint density at radius 1 is 1.03 bits per heavy atom. The van der Waals surface area contributed by atoms with Gasteiger partial charge in [-0.2, -0.15) is 0 Å². The minimum atomic E-state index is -0.250. The van der Waals surface area contributed by atoms with Gasteiger partial charge in [-0.1, -0.05) is 23.7 Å². The number of ether oxygens (including phenoxy) is 1. The Kier molecular flexibility index (Phi) is 5.94. The van der Waals surface area contributed by atoms with Crippen molar-refractivity contribution in [3.63, 3.8) is 0 Å². The molecular formula is C26H25ClN2O3. The fourth-order valence-corrected chi connectivity index (χ4v) is 3.93. The van der Waals surface area contributed by atoms with Gasteiger partial charge in [-0.15, -0.1) is 0 Å². The van der Waals surface area contributed by atoms with E-state index in [0.717, 1.165) is 44.5 Å². The van der Waals surface area contributed by atoms with Gasteiger partial charge in [-0.3, -0.25) is 4.79 Å². The Morgan fingerprint density at radius 2 is 1.75 bits per heavy atom. The maximum atomic E-state index is 12.5. The highest BCUT2D eigenvalue weighted by Crippen LogP contribution is 2.32. The highest BCUT2D eigenvalue weighted by atomic mass is 35.5. The molecule has 0 atom stereocenters. The molecule has 164 valence electrons. The lowest BCUT2D eigenvalue weighted by Gasteiger charge is -2.12. The van der Waals surface area contributed by atoms with Crippen LogP contribution in [0.1, 0.15) is 27.8 Å². The summed E-state index contributed by atoms with van der Waals surface area (Å²) in [5, 5.41) is 3.63. The van der Waals surface area contributed by atoms with Crippen LogP contribution >= 0.6 is 11.6 Å². The molecule has 1 N–H and O–H groups in total. The predicted molar refractivity (Wildman–Crippen MR) is 129 cm³/mol. The molecule has 0 radical (unpaired) electrons. The Labute approximate surface area is 192 Å². The van der Waals surface area contributed by atoms with Crippen LogP contribution in [0, 0.1) is 34.6 Å². The minimum absolute atomic E-state index is 0.106. The molecule has 0 aliphatic carbocycles. The summed E-state index contributed by atoms with van der Waals surface area (Å²) in [6, 6.07) is 13.4. The van der Waals surface area contributed by atoms with Crippen LogP contribution in [0.4, 0.5) is 5.69 Å². The number of hydrogen-bond donors (Lipinski definition) is 1. The number of carbonyl (C=O) groups is 1. The normalized spacial score (nSPS) is 11.1. The van der Waals surface area contributed by atoms with Crippen molar-refractivity contribution in [2.24, 2.45) is 0 Å². The lowest BCUT2D eigenvalue weighted by Crippen LogP contribution is -2.20. The van der Waals surface area contributed by atoms with E-state index in [0.29, 0.717) is 22.4 Å². The van der Waals surface area contributed by atoms with Crippen LogP contribution in [-0.2, 0) is 4.79 Å². The second-order valence-electron chi connectivity index (χ2n) is 8.14. The number of aryl methyl sites for hydroxylation is 4. The number of fused-ring (bicyclic) bond motifs is 1.